The summed E-state index contributed by atoms with van der Waals surface area (Å²) in [4.78, 5) is 4.19. The molecule has 3 nitrogen and oxygen atoms in total. The Morgan fingerprint density at radius 1 is 1.00 bits per heavy atom. The van der Waals surface area contributed by atoms with Gasteiger partial charge in [0.05, 0.1) is 0 Å². The highest BCUT2D eigenvalue weighted by molar-refractivity contribution is 4.95. The third-order valence-corrected chi connectivity index (χ3v) is 3.99. The van der Waals surface area contributed by atoms with E-state index < -0.39 is 6.10 Å². The van der Waals surface area contributed by atoms with E-state index in [1.54, 1.807) is 6.20 Å². The van der Waals surface area contributed by atoms with E-state index >= 15 is 0 Å². The Morgan fingerprint density at radius 2 is 1.55 bits per heavy atom. The number of hydrogen-bond donors (Lipinski definition) is 1. The third kappa shape index (κ3) is 7.09. The van der Waals surface area contributed by atoms with Gasteiger partial charge >= 0.3 is 0 Å². The third-order valence-electron chi connectivity index (χ3n) is 3.99. The molecule has 0 saturated carbocycles. The second-order valence-corrected chi connectivity index (χ2v) is 5.88. The van der Waals surface area contributed by atoms with Gasteiger partial charge in [0.2, 0.25) is 0 Å². The zero-order valence-corrected chi connectivity index (χ0v) is 13.4. The molecule has 1 heterocycles. The lowest BCUT2D eigenvalue weighted by Gasteiger charge is -2.10. The number of unbranched alkanes of at least 4 members (excludes halogenated alkanes) is 9. The Labute approximate surface area is 124 Å². The fourth-order valence-corrected chi connectivity index (χ4v) is 2.65. The van der Waals surface area contributed by atoms with Gasteiger partial charge in [0, 0.05) is 19.4 Å². The summed E-state index contributed by atoms with van der Waals surface area (Å²) in [5, 5.41) is 10.0. The van der Waals surface area contributed by atoms with Gasteiger partial charge < -0.3 is 9.67 Å². The molecule has 1 rings (SSSR count). The maximum absolute atomic E-state index is 10.0. The molecule has 116 valence electrons. The molecule has 1 aromatic rings. The van der Waals surface area contributed by atoms with Crippen molar-refractivity contribution < 1.29 is 5.11 Å². The summed E-state index contributed by atoms with van der Waals surface area (Å²) < 4.78 is 1.90. The number of rotatable bonds is 12. The van der Waals surface area contributed by atoms with Crippen LogP contribution in [0.1, 0.15) is 89.5 Å². The predicted molar refractivity (Wildman–Crippen MR) is 84.6 cm³/mol. The number of aliphatic hydroxyl groups is 1. The highest BCUT2D eigenvalue weighted by Crippen LogP contribution is 2.18. The number of aromatic nitrogens is 2. The van der Waals surface area contributed by atoms with E-state index in [0.717, 1.165) is 18.7 Å². The lowest BCUT2D eigenvalue weighted by molar-refractivity contribution is 0.150. The Bertz CT molecular complexity index is 335. The van der Waals surface area contributed by atoms with Crippen molar-refractivity contribution >= 4 is 0 Å². The van der Waals surface area contributed by atoms with Gasteiger partial charge in [-0.05, 0) is 6.42 Å². The van der Waals surface area contributed by atoms with E-state index in [-0.39, 0.29) is 0 Å². The minimum atomic E-state index is -0.399. The van der Waals surface area contributed by atoms with Gasteiger partial charge in [0.1, 0.15) is 11.9 Å². The smallest absolute Gasteiger partial charge is 0.137 e. The molecule has 0 aliphatic heterocycles. The monoisotopic (exact) mass is 280 g/mol. The summed E-state index contributed by atoms with van der Waals surface area (Å²) in [5.74, 6) is 0.793. The molecule has 1 N–H and O–H groups in total. The van der Waals surface area contributed by atoms with Crippen LogP contribution in [-0.4, -0.2) is 14.7 Å². The van der Waals surface area contributed by atoms with Crippen molar-refractivity contribution in [2.45, 2.75) is 83.7 Å². The van der Waals surface area contributed by atoms with Crippen LogP contribution in [0.4, 0.5) is 0 Å². The van der Waals surface area contributed by atoms with Crippen molar-refractivity contribution in [2.75, 3.05) is 0 Å². The molecule has 0 spiro atoms. The van der Waals surface area contributed by atoms with E-state index in [1.165, 1.54) is 57.8 Å². The van der Waals surface area contributed by atoms with Crippen LogP contribution in [0, 0.1) is 0 Å². The molecular formula is C17H32N2O. The number of aryl methyl sites for hydroxylation is 1. The van der Waals surface area contributed by atoms with E-state index in [1.807, 2.05) is 17.8 Å². The summed E-state index contributed by atoms with van der Waals surface area (Å²) >= 11 is 0. The molecule has 1 aromatic heterocycles. The topological polar surface area (TPSA) is 38.1 Å². The Kier molecular flexibility index (Phi) is 9.38. The Hall–Kier alpha value is -0.830. The first kappa shape index (κ1) is 17.2. The first-order chi connectivity index (χ1) is 9.75. The summed E-state index contributed by atoms with van der Waals surface area (Å²) in [6.45, 7) is 2.26. The van der Waals surface area contributed by atoms with Crippen LogP contribution >= 0.6 is 0 Å². The first-order valence-corrected chi connectivity index (χ1v) is 8.41. The normalized spacial score (nSPS) is 12.8. The summed E-state index contributed by atoms with van der Waals surface area (Å²) in [7, 11) is 1.93. The average molecular weight is 280 g/mol. The van der Waals surface area contributed by atoms with Crippen LogP contribution in [0.25, 0.3) is 0 Å². The molecule has 0 aromatic carbocycles. The highest BCUT2D eigenvalue weighted by Gasteiger charge is 2.11. The molecule has 1 unspecified atom stereocenters. The molecule has 0 fully saturated rings. The summed E-state index contributed by atoms with van der Waals surface area (Å²) in [6, 6.07) is 0. The van der Waals surface area contributed by atoms with Gasteiger partial charge in [-0.2, -0.15) is 0 Å². The molecule has 0 aliphatic carbocycles. The lowest BCUT2D eigenvalue weighted by Crippen LogP contribution is -2.05. The Morgan fingerprint density at radius 3 is 2.05 bits per heavy atom. The van der Waals surface area contributed by atoms with E-state index in [2.05, 4.69) is 11.9 Å². The lowest BCUT2D eigenvalue weighted by atomic mass is 10.0. The van der Waals surface area contributed by atoms with Crippen LogP contribution < -0.4 is 0 Å². The van der Waals surface area contributed by atoms with Crippen LogP contribution in [0.2, 0.25) is 0 Å². The quantitative estimate of drug-likeness (QED) is 0.560. The van der Waals surface area contributed by atoms with E-state index in [4.69, 9.17) is 0 Å². The molecule has 0 bridgehead atoms. The summed E-state index contributed by atoms with van der Waals surface area (Å²) in [6.07, 6.45) is 17.4. The number of nitrogens with zero attached hydrogens (tertiary/aromatic N) is 2. The summed E-state index contributed by atoms with van der Waals surface area (Å²) in [5.41, 5.74) is 0. The van der Waals surface area contributed by atoms with Gasteiger partial charge in [-0.15, -0.1) is 0 Å². The van der Waals surface area contributed by atoms with Crippen LogP contribution in [0.3, 0.4) is 0 Å². The molecule has 0 amide bonds. The van der Waals surface area contributed by atoms with Crippen molar-refractivity contribution in [3.63, 3.8) is 0 Å². The van der Waals surface area contributed by atoms with Crippen LogP contribution in [0.5, 0.6) is 0 Å². The minimum Gasteiger partial charge on any atom is -0.385 e. The highest BCUT2D eigenvalue weighted by atomic mass is 16.3. The van der Waals surface area contributed by atoms with Crippen LogP contribution in [0.15, 0.2) is 12.4 Å². The molecule has 3 heteroatoms. The van der Waals surface area contributed by atoms with Gasteiger partial charge in [0.25, 0.3) is 0 Å². The number of imidazole rings is 1. The molecule has 0 aliphatic rings. The maximum Gasteiger partial charge on any atom is 0.137 e. The zero-order valence-electron chi connectivity index (χ0n) is 13.4. The van der Waals surface area contributed by atoms with Gasteiger partial charge in [-0.1, -0.05) is 71.1 Å². The average Bonchev–Trinajstić information content (AvgIpc) is 2.87. The van der Waals surface area contributed by atoms with Crippen molar-refractivity contribution in [3.8, 4) is 0 Å². The molecular weight excluding hydrogens is 248 g/mol. The second kappa shape index (κ2) is 10.9. The largest absolute Gasteiger partial charge is 0.385 e. The zero-order chi connectivity index (χ0) is 14.6. The van der Waals surface area contributed by atoms with Gasteiger partial charge in [-0.3, -0.25) is 0 Å². The van der Waals surface area contributed by atoms with Crippen molar-refractivity contribution in [1.82, 2.24) is 9.55 Å². The molecule has 20 heavy (non-hydrogen) atoms. The van der Waals surface area contributed by atoms with Crippen molar-refractivity contribution in [2.24, 2.45) is 7.05 Å². The van der Waals surface area contributed by atoms with Crippen molar-refractivity contribution in [3.05, 3.63) is 18.2 Å². The molecule has 1 atom stereocenters. The predicted octanol–water partition coefficient (Wildman–Crippen LogP) is 4.76. The fourth-order valence-electron chi connectivity index (χ4n) is 2.65. The van der Waals surface area contributed by atoms with Crippen molar-refractivity contribution in [1.29, 1.82) is 0 Å². The number of aliphatic hydroxyl groups excluding tert-OH is 1. The molecule has 0 saturated heterocycles. The van der Waals surface area contributed by atoms with Gasteiger partial charge in [0.15, 0.2) is 0 Å². The van der Waals surface area contributed by atoms with Crippen LogP contribution in [-0.2, 0) is 7.05 Å². The van der Waals surface area contributed by atoms with E-state index in [0.29, 0.717) is 0 Å². The minimum absolute atomic E-state index is 0.399. The number of hydrogen-bond acceptors (Lipinski definition) is 2. The first-order valence-electron chi connectivity index (χ1n) is 8.41. The maximum atomic E-state index is 10.0. The fraction of sp³-hybridized carbons (Fsp3) is 0.824. The van der Waals surface area contributed by atoms with Gasteiger partial charge in [-0.25, -0.2) is 4.98 Å². The molecule has 0 radical (unpaired) electrons. The Balaban J connectivity index is 1.91. The van der Waals surface area contributed by atoms with E-state index in [9.17, 15) is 5.11 Å². The second-order valence-electron chi connectivity index (χ2n) is 5.88. The SMILES string of the molecule is CCCCCCCCCCCCC(O)c1nccn1C. The standard InChI is InChI=1S/C17H32N2O/c1-3-4-5-6-7-8-9-10-11-12-13-16(20)17-18-14-15-19(17)2/h14-16,20H,3-13H2,1-2H3.